The summed E-state index contributed by atoms with van der Waals surface area (Å²) in [5, 5.41) is 10.7. The Bertz CT molecular complexity index is 744. The van der Waals surface area contributed by atoms with Crippen molar-refractivity contribution in [1.29, 1.82) is 5.26 Å². The first kappa shape index (κ1) is 14.0. The number of piperidine rings is 1. The second-order valence-corrected chi connectivity index (χ2v) is 5.95. The van der Waals surface area contributed by atoms with Crippen molar-refractivity contribution in [2.24, 2.45) is 13.0 Å². The fraction of sp³-hybridized carbons (Fsp3) is 0.375. The zero-order valence-corrected chi connectivity index (χ0v) is 12.6. The van der Waals surface area contributed by atoms with Gasteiger partial charge >= 0.3 is 0 Å². The van der Waals surface area contributed by atoms with E-state index in [0.29, 0.717) is 17.3 Å². The number of rotatable bonds is 1. The first-order valence-corrected chi connectivity index (χ1v) is 7.42. The monoisotopic (exact) mass is 301 g/mol. The van der Waals surface area contributed by atoms with Crippen LogP contribution in [0.3, 0.4) is 0 Å². The van der Waals surface area contributed by atoms with Gasteiger partial charge in [0.25, 0.3) is 5.91 Å². The molecule has 108 valence electrons. The highest BCUT2D eigenvalue weighted by Gasteiger charge is 2.26. The van der Waals surface area contributed by atoms with E-state index in [0.717, 1.165) is 30.3 Å². The summed E-state index contributed by atoms with van der Waals surface area (Å²) >= 11 is 6.02. The maximum Gasteiger partial charge on any atom is 0.270 e. The van der Waals surface area contributed by atoms with Gasteiger partial charge in [0.15, 0.2) is 0 Å². The smallest absolute Gasteiger partial charge is 0.270 e. The van der Waals surface area contributed by atoms with Gasteiger partial charge in [0.05, 0.1) is 12.0 Å². The number of nitriles is 1. The molecule has 0 saturated carbocycles. The number of fused-ring (bicyclic) bond motifs is 1. The molecule has 4 nitrogen and oxygen atoms in total. The number of benzene rings is 1. The van der Waals surface area contributed by atoms with Crippen LogP contribution in [0.4, 0.5) is 0 Å². The molecule has 5 heteroatoms. The summed E-state index contributed by atoms with van der Waals surface area (Å²) in [6.45, 7) is 1.25. The van der Waals surface area contributed by atoms with Crippen LogP contribution in [-0.4, -0.2) is 28.5 Å². The fourth-order valence-corrected chi connectivity index (χ4v) is 3.10. The number of carbonyl (C=O) groups excluding carboxylic acids is 1. The minimum atomic E-state index is -0.0492. The second-order valence-electron chi connectivity index (χ2n) is 5.51. The Hall–Kier alpha value is -1.99. The number of nitrogens with zero attached hydrogens (tertiary/aromatic N) is 3. The van der Waals surface area contributed by atoms with Crippen LogP contribution in [0, 0.1) is 17.2 Å². The third-order valence-corrected chi connectivity index (χ3v) is 4.35. The molecule has 2 heterocycles. The molecule has 1 saturated heterocycles. The molecule has 1 aromatic heterocycles. The molecule has 0 aliphatic carbocycles. The lowest BCUT2D eigenvalue weighted by molar-refractivity contribution is 0.0689. The molecule has 1 aliphatic heterocycles. The van der Waals surface area contributed by atoms with Crippen LogP contribution < -0.4 is 0 Å². The van der Waals surface area contributed by atoms with Gasteiger partial charge in [0, 0.05) is 36.1 Å². The summed E-state index contributed by atoms with van der Waals surface area (Å²) in [5.41, 5.74) is 1.59. The Labute approximate surface area is 128 Å². The van der Waals surface area contributed by atoms with E-state index in [1.165, 1.54) is 0 Å². The highest BCUT2D eigenvalue weighted by Crippen LogP contribution is 2.25. The van der Waals surface area contributed by atoms with Crippen LogP contribution in [0.15, 0.2) is 24.3 Å². The van der Waals surface area contributed by atoms with Gasteiger partial charge in [0.2, 0.25) is 0 Å². The molecule has 0 bridgehead atoms. The number of likely N-dealkylation sites (tertiary alicyclic amines) is 1. The standard InChI is InChI=1S/C16H16ClN3O/c1-19-14-8-13(17)5-4-12(14)7-15(19)16(21)20-6-2-3-11(9-18)10-20/h4-5,7-8,11H,2-3,6,10H2,1H3. The molecule has 21 heavy (non-hydrogen) atoms. The lowest BCUT2D eigenvalue weighted by Gasteiger charge is -2.29. The van der Waals surface area contributed by atoms with Crippen molar-refractivity contribution < 1.29 is 4.79 Å². The molecule has 3 rings (SSSR count). The average Bonchev–Trinajstić information content (AvgIpc) is 2.83. The van der Waals surface area contributed by atoms with Crippen LogP contribution in [0.5, 0.6) is 0 Å². The summed E-state index contributed by atoms with van der Waals surface area (Å²) in [5.74, 6) is -0.0587. The molecule has 0 N–H and O–H groups in total. The highest BCUT2D eigenvalue weighted by molar-refractivity contribution is 6.31. The number of halogens is 1. The van der Waals surface area contributed by atoms with Gasteiger partial charge in [-0.3, -0.25) is 4.79 Å². The Balaban J connectivity index is 1.95. The molecule has 1 fully saturated rings. The summed E-state index contributed by atoms with van der Waals surface area (Å²) in [4.78, 5) is 14.5. The molecule has 0 radical (unpaired) electrons. The van der Waals surface area contributed by atoms with Gasteiger partial charge in [-0.2, -0.15) is 5.26 Å². The molecular formula is C16H16ClN3O. The Morgan fingerprint density at radius 3 is 3.00 bits per heavy atom. The summed E-state index contributed by atoms with van der Waals surface area (Å²) < 4.78 is 1.87. The largest absolute Gasteiger partial charge is 0.340 e. The number of carbonyl (C=O) groups is 1. The van der Waals surface area contributed by atoms with Crippen molar-refractivity contribution in [2.45, 2.75) is 12.8 Å². The van der Waals surface area contributed by atoms with Crippen molar-refractivity contribution in [1.82, 2.24) is 9.47 Å². The van der Waals surface area contributed by atoms with Crippen LogP contribution >= 0.6 is 11.6 Å². The summed E-state index contributed by atoms with van der Waals surface area (Å²) in [6, 6.07) is 9.77. The molecule has 2 aromatic rings. The van der Waals surface area contributed by atoms with Crippen LogP contribution in [-0.2, 0) is 7.05 Å². The van der Waals surface area contributed by atoms with Crippen molar-refractivity contribution in [3.63, 3.8) is 0 Å². The number of aromatic nitrogens is 1. The first-order valence-electron chi connectivity index (χ1n) is 7.04. The van der Waals surface area contributed by atoms with E-state index in [1.807, 2.05) is 35.9 Å². The SMILES string of the molecule is Cn1c(C(=O)N2CCCC(C#N)C2)cc2ccc(Cl)cc21. The van der Waals surface area contributed by atoms with Gasteiger partial charge in [0.1, 0.15) is 5.69 Å². The fourth-order valence-electron chi connectivity index (χ4n) is 2.94. The number of aryl methyl sites for hydroxylation is 1. The molecule has 1 amide bonds. The van der Waals surface area contributed by atoms with E-state index >= 15 is 0 Å². The van der Waals surface area contributed by atoms with Crippen molar-refractivity contribution in [3.05, 3.63) is 35.0 Å². The van der Waals surface area contributed by atoms with Gasteiger partial charge in [-0.1, -0.05) is 17.7 Å². The normalized spacial score (nSPS) is 18.7. The van der Waals surface area contributed by atoms with E-state index in [9.17, 15) is 4.79 Å². The third kappa shape index (κ3) is 2.50. The maximum absolute atomic E-state index is 12.7. The Morgan fingerprint density at radius 2 is 2.24 bits per heavy atom. The summed E-state index contributed by atoms with van der Waals surface area (Å²) in [6.07, 6.45) is 1.77. The predicted molar refractivity (Wildman–Crippen MR) is 82.2 cm³/mol. The van der Waals surface area contributed by atoms with Gasteiger partial charge in [-0.25, -0.2) is 0 Å². The number of hydrogen-bond acceptors (Lipinski definition) is 2. The van der Waals surface area contributed by atoms with E-state index in [2.05, 4.69) is 6.07 Å². The predicted octanol–water partition coefficient (Wildman–Crippen LogP) is 3.21. The van der Waals surface area contributed by atoms with Gasteiger partial charge in [-0.15, -0.1) is 0 Å². The van der Waals surface area contributed by atoms with E-state index in [1.54, 1.807) is 4.90 Å². The zero-order chi connectivity index (χ0) is 15.0. The second kappa shape index (κ2) is 5.42. The minimum absolute atomic E-state index is 0.00947. The van der Waals surface area contributed by atoms with Gasteiger partial charge < -0.3 is 9.47 Å². The van der Waals surface area contributed by atoms with Crippen LogP contribution in [0.2, 0.25) is 5.02 Å². The van der Waals surface area contributed by atoms with Crippen LogP contribution in [0.1, 0.15) is 23.3 Å². The molecule has 1 unspecified atom stereocenters. The zero-order valence-electron chi connectivity index (χ0n) is 11.8. The lowest BCUT2D eigenvalue weighted by atomic mass is 9.99. The van der Waals surface area contributed by atoms with E-state index in [4.69, 9.17) is 16.9 Å². The molecule has 0 spiro atoms. The quantitative estimate of drug-likeness (QED) is 0.812. The molecule has 1 aliphatic rings. The maximum atomic E-state index is 12.7. The van der Waals surface area contributed by atoms with E-state index in [-0.39, 0.29) is 11.8 Å². The van der Waals surface area contributed by atoms with E-state index < -0.39 is 0 Å². The van der Waals surface area contributed by atoms with Crippen LogP contribution in [0.25, 0.3) is 10.9 Å². The number of amides is 1. The Kier molecular flexibility index (Phi) is 3.60. The third-order valence-electron chi connectivity index (χ3n) is 4.12. The molecule has 1 aromatic carbocycles. The minimum Gasteiger partial charge on any atom is -0.340 e. The average molecular weight is 302 g/mol. The van der Waals surface area contributed by atoms with Crippen molar-refractivity contribution in [3.8, 4) is 6.07 Å². The molecule has 1 atom stereocenters. The summed E-state index contributed by atoms with van der Waals surface area (Å²) in [7, 11) is 1.87. The number of hydrogen-bond donors (Lipinski definition) is 0. The topological polar surface area (TPSA) is 49.0 Å². The first-order chi connectivity index (χ1) is 10.1. The van der Waals surface area contributed by atoms with Crippen molar-refractivity contribution in [2.75, 3.05) is 13.1 Å². The highest BCUT2D eigenvalue weighted by atomic mass is 35.5. The lowest BCUT2D eigenvalue weighted by Crippen LogP contribution is -2.40. The molecular weight excluding hydrogens is 286 g/mol. The Morgan fingerprint density at radius 1 is 1.43 bits per heavy atom. The van der Waals surface area contributed by atoms with Crippen molar-refractivity contribution >= 4 is 28.4 Å². The van der Waals surface area contributed by atoms with Gasteiger partial charge in [-0.05, 0) is 31.0 Å².